The second kappa shape index (κ2) is 7.29. The van der Waals surface area contributed by atoms with E-state index >= 15 is 0 Å². The van der Waals surface area contributed by atoms with Gasteiger partial charge in [-0.1, -0.05) is 20.3 Å². The van der Waals surface area contributed by atoms with Crippen LogP contribution in [-0.4, -0.2) is 26.8 Å². The molecule has 0 bridgehead atoms. The molecule has 0 radical (unpaired) electrons. The molecule has 1 fully saturated rings. The Kier molecular flexibility index (Phi) is 6.37. The first-order chi connectivity index (χ1) is 7.73. The molecule has 1 atom stereocenters. The third-order valence-corrected chi connectivity index (χ3v) is 3.86. The molecule has 16 heavy (non-hydrogen) atoms. The Balaban J connectivity index is 2.21. The molecule has 0 heterocycles. The lowest BCUT2D eigenvalue weighted by molar-refractivity contribution is 0.176. The molecule has 0 spiro atoms. The maximum Gasteiger partial charge on any atom is 0.0462 e. The van der Waals surface area contributed by atoms with Crippen LogP contribution in [0.15, 0.2) is 0 Å². The van der Waals surface area contributed by atoms with Crippen molar-refractivity contribution in [2.45, 2.75) is 52.4 Å². The van der Waals surface area contributed by atoms with Crippen LogP contribution in [-0.2, 0) is 4.74 Å². The van der Waals surface area contributed by atoms with Gasteiger partial charge in [0.05, 0.1) is 0 Å². The molecule has 0 saturated heterocycles. The van der Waals surface area contributed by atoms with E-state index in [2.05, 4.69) is 19.2 Å². The third kappa shape index (κ3) is 4.84. The Hall–Kier alpha value is -0.0800. The number of rotatable bonds is 10. The smallest absolute Gasteiger partial charge is 0.0462 e. The molecule has 2 nitrogen and oxygen atoms in total. The molecule has 96 valence electrons. The summed E-state index contributed by atoms with van der Waals surface area (Å²) in [7, 11) is 1.79. The van der Waals surface area contributed by atoms with E-state index in [0.29, 0.717) is 5.41 Å². The first-order valence-electron chi connectivity index (χ1n) is 6.92. The van der Waals surface area contributed by atoms with Gasteiger partial charge in [0.25, 0.3) is 0 Å². The van der Waals surface area contributed by atoms with Crippen molar-refractivity contribution in [1.29, 1.82) is 0 Å². The monoisotopic (exact) mass is 227 g/mol. The molecule has 1 N–H and O–H groups in total. The molecular formula is C14H29NO. The molecule has 0 aromatic rings. The Labute approximate surface area is 101 Å². The Morgan fingerprint density at radius 3 is 2.62 bits per heavy atom. The van der Waals surface area contributed by atoms with Gasteiger partial charge in [0, 0.05) is 20.3 Å². The highest BCUT2D eigenvalue weighted by molar-refractivity contribution is 4.92. The lowest BCUT2D eigenvalue weighted by Gasteiger charge is -2.30. The minimum absolute atomic E-state index is 0.545. The number of unbranched alkanes of at least 4 members (excludes halogenated alkanes) is 1. The summed E-state index contributed by atoms with van der Waals surface area (Å²) in [6.45, 7) is 8.00. The number of hydrogen-bond donors (Lipinski definition) is 1. The summed E-state index contributed by atoms with van der Waals surface area (Å²) in [5.74, 6) is 0.986. The van der Waals surface area contributed by atoms with Crippen molar-refractivity contribution < 1.29 is 4.74 Å². The van der Waals surface area contributed by atoms with E-state index in [1.54, 1.807) is 7.11 Å². The quantitative estimate of drug-likeness (QED) is 0.579. The minimum atomic E-state index is 0.545. The first kappa shape index (κ1) is 14.0. The summed E-state index contributed by atoms with van der Waals surface area (Å²) in [4.78, 5) is 0. The van der Waals surface area contributed by atoms with E-state index in [9.17, 15) is 0 Å². The van der Waals surface area contributed by atoms with Crippen LogP contribution in [0.2, 0.25) is 0 Å². The van der Waals surface area contributed by atoms with Crippen molar-refractivity contribution in [3.8, 4) is 0 Å². The SMILES string of the molecule is CCCNCC(C)(CCCCOC)C1CC1. The average Bonchev–Trinajstić information content (AvgIpc) is 3.09. The highest BCUT2D eigenvalue weighted by Crippen LogP contribution is 2.47. The topological polar surface area (TPSA) is 21.3 Å². The number of ether oxygens (including phenoxy) is 1. The predicted octanol–water partition coefficient (Wildman–Crippen LogP) is 3.22. The first-order valence-corrected chi connectivity index (χ1v) is 6.92. The summed E-state index contributed by atoms with van der Waals surface area (Å²) >= 11 is 0. The fourth-order valence-corrected chi connectivity index (χ4v) is 2.54. The minimum Gasteiger partial charge on any atom is -0.385 e. The predicted molar refractivity (Wildman–Crippen MR) is 69.7 cm³/mol. The van der Waals surface area contributed by atoms with Crippen LogP contribution >= 0.6 is 0 Å². The molecular weight excluding hydrogens is 198 g/mol. The van der Waals surface area contributed by atoms with Crippen molar-refractivity contribution in [2.75, 3.05) is 26.8 Å². The fourth-order valence-electron chi connectivity index (χ4n) is 2.54. The van der Waals surface area contributed by atoms with Crippen LogP contribution in [0.1, 0.15) is 52.4 Å². The zero-order valence-electron chi connectivity index (χ0n) is 11.3. The molecule has 1 aliphatic carbocycles. The maximum atomic E-state index is 5.12. The third-order valence-electron chi connectivity index (χ3n) is 3.86. The van der Waals surface area contributed by atoms with Crippen LogP contribution in [0, 0.1) is 11.3 Å². The number of methoxy groups -OCH3 is 1. The van der Waals surface area contributed by atoms with Gasteiger partial charge in [0.2, 0.25) is 0 Å². The van der Waals surface area contributed by atoms with Gasteiger partial charge >= 0.3 is 0 Å². The summed E-state index contributed by atoms with van der Waals surface area (Å²) in [5, 5.41) is 3.61. The van der Waals surface area contributed by atoms with Crippen LogP contribution in [0.25, 0.3) is 0 Å². The highest BCUT2D eigenvalue weighted by Gasteiger charge is 2.40. The van der Waals surface area contributed by atoms with Gasteiger partial charge in [-0.05, 0) is 50.0 Å². The normalized spacial score (nSPS) is 19.7. The second-order valence-electron chi connectivity index (χ2n) is 5.55. The number of hydrogen-bond acceptors (Lipinski definition) is 2. The zero-order chi connectivity index (χ0) is 11.9. The van der Waals surface area contributed by atoms with Crippen LogP contribution in [0.3, 0.4) is 0 Å². The average molecular weight is 227 g/mol. The summed E-state index contributed by atoms with van der Waals surface area (Å²) < 4.78 is 5.12. The van der Waals surface area contributed by atoms with Gasteiger partial charge in [-0.15, -0.1) is 0 Å². The van der Waals surface area contributed by atoms with E-state index in [4.69, 9.17) is 4.74 Å². The van der Waals surface area contributed by atoms with Gasteiger partial charge in [-0.25, -0.2) is 0 Å². The summed E-state index contributed by atoms with van der Waals surface area (Å²) in [6, 6.07) is 0. The molecule has 1 aliphatic rings. The highest BCUT2D eigenvalue weighted by atomic mass is 16.5. The van der Waals surface area contributed by atoms with E-state index in [1.165, 1.54) is 51.6 Å². The molecule has 2 heteroatoms. The van der Waals surface area contributed by atoms with Crippen molar-refractivity contribution >= 4 is 0 Å². The van der Waals surface area contributed by atoms with Crippen molar-refractivity contribution in [3.63, 3.8) is 0 Å². The van der Waals surface area contributed by atoms with Gasteiger partial charge in [-0.2, -0.15) is 0 Å². The Morgan fingerprint density at radius 1 is 1.31 bits per heavy atom. The van der Waals surface area contributed by atoms with Gasteiger partial charge in [0.15, 0.2) is 0 Å². The molecule has 1 unspecified atom stereocenters. The largest absolute Gasteiger partial charge is 0.385 e. The molecule has 1 saturated carbocycles. The molecule has 0 aromatic carbocycles. The van der Waals surface area contributed by atoms with Gasteiger partial charge in [0.1, 0.15) is 0 Å². The van der Waals surface area contributed by atoms with Gasteiger partial charge < -0.3 is 10.1 Å². The zero-order valence-corrected chi connectivity index (χ0v) is 11.3. The Bertz CT molecular complexity index is 180. The molecule has 0 aromatic heterocycles. The van der Waals surface area contributed by atoms with Crippen LogP contribution < -0.4 is 5.32 Å². The lowest BCUT2D eigenvalue weighted by atomic mass is 9.80. The van der Waals surface area contributed by atoms with E-state index < -0.39 is 0 Å². The van der Waals surface area contributed by atoms with Gasteiger partial charge in [-0.3, -0.25) is 0 Å². The fraction of sp³-hybridized carbons (Fsp3) is 1.00. The van der Waals surface area contributed by atoms with Crippen molar-refractivity contribution in [3.05, 3.63) is 0 Å². The standard InChI is InChI=1S/C14H29NO/c1-4-10-15-12-14(2,13-7-8-13)9-5-6-11-16-3/h13,15H,4-12H2,1-3H3. The second-order valence-corrected chi connectivity index (χ2v) is 5.55. The maximum absolute atomic E-state index is 5.12. The number of nitrogens with one attached hydrogen (secondary N) is 1. The lowest BCUT2D eigenvalue weighted by Crippen LogP contribution is -2.34. The van der Waals surface area contributed by atoms with Crippen molar-refractivity contribution in [2.24, 2.45) is 11.3 Å². The molecule has 0 aliphatic heterocycles. The molecule has 0 amide bonds. The van der Waals surface area contributed by atoms with Crippen LogP contribution in [0.4, 0.5) is 0 Å². The van der Waals surface area contributed by atoms with E-state index in [-0.39, 0.29) is 0 Å². The van der Waals surface area contributed by atoms with E-state index in [0.717, 1.165) is 12.5 Å². The summed E-state index contributed by atoms with van der Waals surface area (Å²) in [5.41, 5.74) is 0.545. The Morgan fingerprint density at radius 2 is 2.06 bits per heavy atom. The van der Waals surface area contributed by atoms with E-state index in [1.807, 2.05) is 0 Å². The van der Waals surface area contributed by atoms with Crippen molar-refractivity contribution in [1.82, 2.24) is 5.32 Å². The summed E-state index contributed by atoms with van der Waals surface area (Å²) in [6.07, 6.45) is 8.03. The van der Waals surface area contributed by atoms with Crippen LogP contribution in [0.5, 0.6) is 0 Å². The molecule has 1 rings (SSSR count).